The van der Waals surface area contributed by atoms with Crippen molar-refractivity contribution in [3.8, 4) is 5.75 Å². The third-order valence-electron chi connectivity index (χ3n) is 4.66. The summed E-state index contributed by atoms with van der Waals surface area (Å²) in [5.74, 6) is 0.843. The quantitative estimate of drug-likeness (QED) is 0.688. The third kappa shape index (κ3) is 2.42. The molecular weight excluding hydrogens is 298 g/mol. The van der Waals surface area contributed by atoms with Gasteiger partial charge < -0.3 is 9.57 Å². The first-order valence-corrected chi connectivity index (χ1v) is 8.07. The molecule has 0 fully saturated rings. The number of benzene rings is 3. The van der Waals surface area contributed by atoms with Crippen molar-refractivity contribution in [2.24, 2.45) is 5.16 Å². The Labute approximate surface area is 141 Å². The zero-order valence-corrected chi connectivity index (χ0v) is 13.8. The van der Waals surface area contributed by atoms with E-state index in [1.165, 1.54) is 10.8 Å². The fourth-order valence-corrected chi connectivity index (χ4v) is 3.26. The van der Waals surface area contributed by atoms with Gasteiger partial charge in [-0.05, 0) is 35.4 Å². The lowest BCUT2D eigenvalue weighted by Crippen LogP contribution is -2.21. The third-order valence-corrected chi connectivity index (χ3v) is 4.66. The lowest BCUT2D eigenvalue weighted by Gasteiger charge is -2.22. The van der Waals surface area contributed by atoms with Crippen molar-refractivity contribution in [1.29, 1.82) is 0 Å². The Hall–Kier alpha value is -2.81. The number of oxime groups is 1. The van der Waals surface area contributed by atoms with Gasteiger partial charge in [-0.15, -0.1) is 0 Å². The van der Waals surface area contributed by atoms with Crippen LogP contribution in [0, 0.1) is 0 Å². The molecule has 1 atom stereocenters. The van der Waals surface area contributed by atoms with Crippen LogP contribution in [-0.2, 0) is 10.4 Å². The molecule has 0 spiro atoms. The second-order valence-electron chi connectivity index (χ2n) is 6.29. The average Bonchev–Trinajstić information content (AvgIpc) is 3.04. The van der Waals surface area contributed by atoms with E-state index in [2.05, 4.69) is 54.5 Å². The maximum absolute atomic E-state index is 5.86. The summed E-state index contributed by atoms with van der Waals surface area (Å²) in [4.78, 5) is 5.86. The van der Waals surface area contributed by atoms with Crippen LogP contribution in [0.25, 0.3) is 10.8 Å². The molecule has 0 saturated carbocycles. The summed E-state index contributed by atoms with van der Waals surface area (Å²) in [7, 11) is 1.67. The smallest absolute Gasteiger partial charge is 0.165 e. The Kier molecular flexibility index (Phi) is 3.49. The van der Waals surface area contributed by atoms with Crippen LogP contribution >= 0.6 is 0 Å². The number of methoxy groups -OCH3 is 1. The zero-order chi connectivity index (χ0) is 16.6. The Morgan fingerprint density at radius 2 is 1.71 bits per heavy atom. The summed E-state index contributed by atoms with van der Waals surface area (Å²) >= 11 is 0. The molecule has 0 amide bonds. The highest BCUT2D eigenvalue weighted by Gasteiger charge is 2.37. The van der Waals surface area contributed by atoms with Gasteiger partial charge in [-0.1, -0.05) is 59.8 Å². The van der Waals surface area contributed by atoms with Gasteiger partial charge in [0.1, 0.15) is 5.75 Å². The number of fused-ring (bicyclic) bond motifs is 1. The Morgan fingerprint density at radius 1 is 0.958 bits per heavy atom. The predicted molar refractivity (Wildman–Crippen MR) is 96.5 cm³/mol. The van der Waals surface area contributed by atoms with E-state index >= 15 is 0 Å². The SMILES string of the molecule is COc1ccc(C2(C)CC(c3cccc4ccccc34)=NO2)cc1. The predicted octanol–water partition coefficient (Wildman–Crippen LogP) is 4.89. The lowest BCUT2D eigenvalue weighted by atomic mass is 9.88. The second-order valence-corrected chi connectivity index (χ2v) is 6.29. The van der Waals surface area contributed by atoms with E-state index in [9.17, 15) is 0 Å². The van der Waals surface area contributed by atoms with Crippen molar-refractivity contribution in [1.82, 2.24) is 0 Å². The molecule has 3 nitrogen and oxygen atoms in total. The highest BCUT2D eigenvalue weighted by molar-refractivity contribution is 6.11. The van der Waals surface area contributed by atoms with Gasteiger partial charge in [0, 0.05) is 12.0 Å². The lowest BCUT2D eigenvalue weighted by molar-refractivity contribution is -0.00741. The second kappa shape index (κ2) is 5.68. The molecule has 0 bridgehead atoms. The van der Waals surface area contributed by atoms with Crippen LogP contribution in [-0.4, -0.2) is 12.8 Å². The van der Waals surface area contributed by atoms with Gasteiger partial charge in [0.15, 0.2) is 5.60 Å². The molecule has 3 aromatic rings. The summed E-state index contributed by atoms with van der Waals surface area (Å²) in [5, 5.41) is 6.84. The van der Waals surface area contributed by atoms with Crippen molar-refractivity contribution in [2.75, 3.05) is 7.11 Å². The van der Waals surface area contributed by atoms with Crippen molar-refractivity contribution in [3.05, 3.63) is 77.9 Å². The maximum Gasteiger partial charge on any atom is 0.165 e. The number of rotatable bonds is 3. The van der Waals surface area contributed by atoms with E-state index in [1.54, 1.807) is 7.11 Å². The van der Waals surface area contributed by atoms with E-state index in [4.69, 9.17) is 9.57 Å². The summed E-state index contributed by atoms with van der Waals surface area (Å²) in [6.07, 6.45) is 0.743. The van der Waals surface area contributed by atoms with Crippen LogP contribution in [0.15, 0.2) is 71.9 Å². The van der Waals surface area contributed by atoms with Crippen molar-refractivity contribution >= 4 is 16.5 Å². The highest BCUT2D eigenvalue weighted by Crippen LogP contribution is 2.37. The zero-order valence-electron chi connectivity index (χ0n) is 13.8. The first-order valence-electron chi connectivity index (χ1n) is 8.07. The van der Waals surface area contributed by atoms with Gasteiger partial charge in [0.05, 0.1) is 12.8 Å². The summed E-state index contributed by atoms with van der Waals surface area (Å²) < 4.78 is 5.23. The topological polar surface area (TPSA) is 30.8 Å². The van der Waals surface area contributed by atoms with E-state index in [1.807, 2.05) is 24.3 Å². The van der Waals surface area contributed by atoms with Gasteiger partial charge in [0.2, 0.25) is 0 Å². The molecule has 0 N–H and O–H groups in total. The molecule has 0 aliphatic carbocycles. The number of nitrogens with zero attached hydrogens (tertiary/aromatic N) is 1. The molecule has 1 aliphatic heterocycles. The molecule has 0 aromatic heterocycles. The monoisotopic (exact) mass is 317 g/mol. The molecule has 3 heteroatoms. The minimum Gasteiger partial charge on any atom is -0.497 e. The fourth-order valence-electron chi connectivity index (χ4n) is 3.26. The van der Waals surface area contributed by atoms with Gasteiger partial charge >= 0.3 is 0 Å². The largest absolute Gasteiger partial charge is 0.497 e. The first-order chi connectivity index (χ1) is 11.7. The van der Waals surface area contributed by atoms with E-state index in [0.29, 0.717) is 0 Å². The first kappa shape index (κ1) is 14.8. The fraction of sp³-hybridized carbons (Fsp3) is 0.190. The molecule has 3 aromatic carbocycles. The Morgan fingerprint density at radius 3 is 2.50 bits per heavy atom. The van der Waals surface area contributed by atoms with Gasteiger partial charge in [-0.3, -0.25) is 0 Å². The summed E-state index contributed by atoms with van der Waals surface area (Å²) in [5.41, 5.74) is 2.79. The summed E-state index contributed by atoms with van der Waals surface area (Å²) in [6.45, 7) is 2.08. The van der Waals surface area contributed by atoms with Crippen LogP contribution in [0.4, 0.5) is 0 Å². The van der Waals surface area contributed by atoms with Crippen LogP contribution in [0.3, 0.4) is 0 Å². The average molecular weight is 317 g/mol. The van der Waals surface area contributed by atoms with Crippen LogP contribution in [0.1, 0.15) is 24.5 Å². The van der Waals surface area contributed by atoms with E-state index in [-0.39, 0.29) is 0 Å². The van der Waals surface area contributed by atoms with Crippen LogP contribution in [0.5, 0.6) is 5.75 Å². The standard InChI is InChI=1S/C21H19NO2/c1-21(16-10-12-17(23-2)13-11-16)14-20(22-24-21)19-9-5-7-15-6-3-4-8-18(15)19/h3-13H,14H2,1-2H3. The normalized spacial score (nSPS) is 19.8. The number of hydrogen-bond donors (Lipinski definition) is 0. The summed E-state index contributed by atoms with van der Waals surface area (Å²) in [6, 6.07) is 22.7. The van der Waals surface area contributed by atoms with Crippen molar-refractivity contribution in [2.45, 2.75) is 18.9 Å². The van der Waals surface area contributed by atoms with Gasteiger partial charge in [-0.25, -0.2) is 0 Å². The molecule has 1 unspecified atom stereocenters. The Balaban J connectivity index is 1.67. The van der Waals surface area contributed by atoms with Crippen LogP contribution < -0.4 is 4.74 Å². The van der Waals surface area contributed by atoms with Crippen LogP contribution in [0.2, 0.25) is 0 Å². The van der Waals surface area contributed by atoms with E-state index < -0.39 is 5.60 Å². The molecule has 1 heterocycles. The molecule has 120 valence electrons. The molecule has 0 saturated heterocycles. The molecule has 24 heavy (non-hydrogen) atoms. The van der Waals surface area contributed by atoms with Gasteiger partial charge in [0.25, 0.3) is 0 Å². The Bertz CT molecular complexity index is 909. The minimum atomic E-state index is -0.446. The molecular formula is C21H19NO2. The van der Waals surface area contributed by atoms with Crippen molar-refractivity contribution < 1.29 is 9.57 Å². The number of ether oxygens (including phenoxy) is 1. The molecule has 0 radical (unpaired) electrons. The van der Waals surface area contributed by atoms with Crippen molar-refractivity contribution in [3.63, 3.8) is 0 Å². The van der Waals surface area contributed by atoms with E-state index in [0.717, 1.165) is 29.0 Å². The molecule has 1 aliphatic rings. The maximum atomic E-state index is 5.86. The van der Waals surface area contributed by atoms with Gasteiger partial charge in [-0.2, -0.15) is 0 Å². The highest BCUT2D eigenvalue weighted by atomic mass is 16.7. The minimum absolute atomic E-state index is 0.446. The molecule has 4 rings (SSSR count). The number of hydrogen-bond acceptors (Lipinski definition) is 3.